The Morgan fingerprint density at radius 2 is 2.00 bits per heavy atom. The average Bonchev–Trinajstić information content (AvgIpc) is 3.06. The highest BCUT2D eigenvalue weighted by molar-refractivity contribution is 7.13. The number of hydrogen-bond donors (Lipinski definition) is 2. The zero-order valence-corrected chi connectivity index (χ0v) is 11.3. The average molecular weight is 278 g/mol. The quantitative estimate of drug-likeness (QED) is 0.837. The van der Waals surface area contributed by atoms with E-state index in [1.807, 2.05) is 23.6 Å². The first kappa shape index (κ1) is 13.4. The van der Waals surface area contributed by atoms with Gasteiger partial charge >= 0.3 is 11.8 Å². The molecule has 2 heterocycles. The van der Waals surface area contributed by atoms with Gasteiger partial charge in [-0.1, -0.05) is 6.07 Å². The van der Waals surface area contributed by atoms with Crippen LogP contribution in [-0.2, 0) is 16.1 Å². The Kier molecular flexibility index (Phi) is 4.35. The Bertz CT molecular complexity index is 560. The van der Waals surface area contributed by atoms with Crippen LogP contribution in [0.2, 0.25) is 0 Å². The van der Waals surface area contributed by atoms with E-state index in [-0.39, 0.29) is 6.54 Å². The third-order valence-electron chi connectivity index (χ3n) is 2.39. The van der Waals surface area contributed by atoms with E-state index in [1.54, 1.807) is 24.3 Å². The molecule has 0 aromatic carbocycles. The van der Waals surface area contributed by atoms with Crippen molar-refractivity contribution >= 4 is 23.2 Å². The van der Waals surface area contributed by atoms with Crippen molar-refractivity contribution in [3.63, 3.8) is 0 Å². The van der Waals surface area contributed by atoms with E-state index in [0.717, 1.165) is 10.6 Å². The minimum atomic E-state index is -0.657. The molecule has 0 spiro atoms. The van der Waals surface area contributed by atoms with E-state index in [1.165, 1.54) is 0 Å². The Labute approximate surface area is 114 Å². The number of thiophene rings is 1. The maximum Gasteiger partial charge on any atom is 0.309 e. The summed E-state index contributed by atoms with van der Waals surface area (Å²) in [6.45, 7) is 2.38. The number of carbonyl (C=O) groups is 2. The Hall–Kier alpha value is -2.08. The zero-order chi connectivity index (χ0) is 13.7. The molecule has 2 rings (SSSR count). The lowest BCUT2D eigenvalue weighted by Crippen LogP contribution is -2.39. The van der Waals surface area contributed by atoms with Crippen LogP contribution in [0.15, 0.2) is 34.1 Å². The third kappa shape index (κ3) is 3.45. The molecule has 0 aliphatic heterocycles. The molecule has 0 bridgehead atoms. The van der Waals surface area contributed by atoms with Crippen LogP contribution in [0.4, 0.5) is 0 Å². The lowest BCUT2D eigenvalue weighted by Gasteiger charge is -2.02. The predicted octanol–water partition coefficient (Wildman–Crippen LogP) is 1.76. The van der Waals surface area contributed by atoms with Crippen molar-refractivity contribution in [1.82, 2.24) is 10.6 Å². The van der Waals surface area contributed by atoms with Gasteiger partial charge in [0, 0.05) is 6.54 Å². The van der Waals surface area contributed by atoms with Gasteiger partial charge in [0.05, 0.1) is 11.4 Å². The molecule has 0 aliphatic rings. The summed E-state index contributed by atoms with van der Waals surface area (Å²) in [6, 6.07) is 7.53. The molecule has 0 atom stereocenters. The molecule has 5 nitrogen and oxygen atoms in total. The SMILES string of the molecule is CCNC(=O)C(=O)NCc1ccc(-c2cccs2)o1. The summed E-state index contributed by atoms with van der Waals surface area (Å²) in [7, 11) is 0. The molecular formula is C13H14N2O3S. The molecule has 0 fully saturated rings. The monoisotopic (exact) mass is 278 g/mol. The summed E-state index contributed by atoms with van der Waals surface area (Å²) in [5.74, 6) is 0.0850. The van der Waals surface area contributed by atoms with Crippen molar-refractivity contribution in [3.8, 4) is 10.6 Å². The third-order valence-corrected chi connectivity index (χ3v) is 3.28. The molecule has 6 heteroatoms. The van der Waals surface area contributed by atoms with Crippen LogP contribution in [0.5, 0.6) is 0 Å². The van der Waals surface area contributed by atoms with Gasteiger partial charge in [0.25, 0.3) is 0 Å². The van der Waals surface area contributed by atoms with E-state index < -0.39 is 11.8 Å². The number of likely N-dealkylation sites (N-methyl/N-ethyl adjacent to an activating group) is 1. The number of furan rings is 1. The normalized spacial score (nSPS) is 10.2. The molecule has 0 saturated carbocycles. The van der Waals surface area contributed by atoms with Crippen LogP contribution in [-0.4, -0.2) is 18.4 Å². The molecular weight excluding hydrogens is 264 g/mol. The summed E-state index contributed by atoms with van der Waals surface area (Å²) in [5.41, 5.74) is 0. The highest BCUT2D eigenvalue weighted by Gasteiger charge is 2.12. The topological polar surface area (TPSA) is 71.3 Å². The van der Waals surface area contributed by atoms with Crippen LogP contribution in [0.3, 0.4) is 0 Å². The molecule has 2 amide bonds. The Balaban J connectivity index is 1.90. The summed E-state index contributed by atoms with van der Waals surface area (Å²) >= 11 is 1.58. The second-order valence-electron chi connectivity index (χ2n) is 3.79. The van der Waals surface area contributed by atoms with Crippen molar-refractivity contribution < 1.29 is 14.0 Å². The van der Waals surface area contributed by atoms with Gasteiger partial charge in [-0.05, 0) is 30.5 Å². The molecule has 19 heavy (non-hydrogen) atoms. The summed E-state index contributed by atoms with van der Waals surface area (Å²) in [5, 5.41) is 6.90. The molecule has 2 aromatic heterocycles. The van der Waals surface area contributed by atoms with Crippen LogP contribution in [0, 0.1) is 0 Å². The number of carbonyl (C=O) groups excluding carboxylic acids is 2. The van der Waals surface area contributed by atoms with E-state index >= 15 is 0 Å². The molecule has 100 valence electrons. The largest absolute Gasteiger partial charge is 0.458 e. The first-order valence-electron chi connectivity index (χ1n) is 5.89. The van der Waals surface area contributed by atoms with Gasteiger partial charge in [-0.15, -0.1) is 11.3 Å². The van der Waals surface area contributed by atoms with Crippen LogP contribution < -0.4 is 10.6 Å². The fourth-order valence-corrected chi connectivity index (χ4v) is 2.20. The van der Waals surface area contributed by atoms with Gasteiger partial charge in [0.15, 0.2) is 0 Å². The van der Waals surface area contributed by atoms with Gasteiger partial charge in [0.2, 0.25) is 0 Å². The van der Waals surface area contributed by atoms with Crippen molar-refractivity contribution in [3.05, 3.63) is 35.4 Å². The number of hydrogen-bond acceptors (Lipinski definition) is 4. The number of amides is 2. The van der Waals surface area contributed by atoms with Crippen molar-refractivity contribution in [2.24, 2.45) is 0 Å². The molecule has 0 aliphatic carbocycles. The number of nitrogens with one attached hydrogen (secondary N) is 2. The molecule has 0 unspecified atom stereocenters. The first-order chi connectivity index (χ1) is 9.20. The minimum absolute atomic E-state index is 0.196. The van der Waals surface area contributed by atoms with Crippen LogP contribution in [0.25, 0.3) is 10.6 Å². The maximum absolute atomic E-state index is 11.4. The lowest BCUT2D eigenvalue weighted by atomic mass is 10.3. The van der Waals surface area contributed by atoms with Crippen molar-refractivity contribution in [1.29, 1.82) is 0 Å². The zero-order valence-electron chi connectivity index (χ0n) is 10.4. The second-order valence-corrected chi connectivity index (χ2v) is 4.73. The lowest BCUT2D eigenvalue weighted by molar-refractivity contribution is -0.139. The summed E-state index contributed by atoms with van der Waals surface area (Å²) in [4.78, 5) is 23.6. The minimum Gasteiger partial charge on any atom is -0.458 e. The van der Waals surface area contributed by atoms with Gasteiger partial charge < -0.3 is 15.1 Å². The van der Waals surface area contributed by atoms with Crippen LogP contribution >= 0.6 is 11.3 Å². The second kappa shape index (κ2) is 6.19. The molecule has 2 aromatic rings. The fourth-order valence-electron chi connectivity index (χ4n) is 1.51. The smallest absolute Gasteiger partial charge is 0.309 e. The molecule has 0 saturated heterocycles. The highest BCUT2D eigenvalue weighted by atomic mass is 32.1. The van der Waals surface area contributed by atoms with E-state index in [2.05, 4.69) is 10.6 Å². The number of rotatable bonds is 4. The van der Waals surface area contributed by atoms with Crippen molar-refractivity contribution in [2.75, 3.05) is 6.54 Å². The van der Waals surface area contributed by atoms with Crippen molar-refractivity contribution in [2.45, 2.75) is 13.5 Å². The highest BCUT2D eigenvalue weighted by Crippen LogP contribution is 2.26. The molecule has 0 radical (unpaired) electrons. The van der Waals surface area contributed by atoms with E-state index in [0.29, 0.717) is 12.3 Å². The van der Waals surface area contributed by atoms with Gasteiger partial charge in [-0.25, -0.2) is 0 Å². The first-order valence-corrected chi connectivity index (χ1v) is 6.77. The molecule has 2 N–H and O–H groups in total. The maximum atomic E-state index is 11.4. The van der Waals surface area contributed by atoms with Gasteiger partial charge in [-0.3, -0.25) is 9.59 Å². The summed E-state index contributed by atoms with van der Waals surface area (Å²) in [6.07, 6.45) is 0. The Morgan fingerprint density at radius 1 is 1.21 bits per heavy atom. The standard InChI is InChI=1S/C13H14N2O3S/c1-2-14-12(16)13(17)15-8-9-5-6-10(18-9)11-4-3-7-19-11/h3-7H,2,8H2,1H3,(H,14,16)(H,15,17). The van der Waals surface area contributed by atoms with Gasteiger partial charge in [-0.2, -0.15) is 0 Å². The summed E-state index contributed by atoms with van der Waals surface area (Å²) < 4.78 is 5.58. The predicted molar refractivity (Wildman–Crippen MR) is 72.6 cm³/mol. The fraction of sp³-hybridized carbons (Fsp3) is 0.231. The van der Waals surface area contributed by atoms with E-state index in [4.69, 9.17) is 4.42 Å². The van der Waals surface area contributed by atoms with Crippen LogP contribution in [0.1, 0.15) is 12.7 Å². The Morgan fingerprint density at radius 3 is 2.68 bits per heavy atom. The van der Waals surface area contributed by atoms with E-state index in [9.17, 15) is 9.59 Å². The van der Waals surface area contributed by atoms with Gasteiger partial charge in [0.1, 0.15) is 11.5 Å².